The van der Waals surface area contributed by atoms with Crippen molar-refractivity contribution in [2.45, 2.75) is 40.2 Å². The van der Waals surface area contributed by atoms with Crippen LogP contribution in [0.25, 0.3) is 10.2 Å². The smallest absolute Gasteiger partial charge is 0.0809 e. The quantitative estimate of drug-likeness (QED) is 0.884. The van der Waals surface area contributed by atoms with Crippen LogP contribution < -0.4 is 5.32 Å². The molecule has 1 atom stereocenters. The maximum Gasteiger partial charge on any atom is 0.0809 e. The lowest BCUT2D eigenvalue weighted by molar-refractivity contribution is 0.273. The summed E-state index contributed by atoms with van der Waals surface area (Å²) in [6.07, 6.45) is 3.18. The lowest BCUT2D eigenvalue weighted by Crippen LogP contribution is -2.32. The zero-order valence-electron chi connectivity index (χ0n) is 11.7. The van der Waals surface area contributed by atoms with Crippen molar-refractivity contribution in [3.05, 3.63) is 29.3 Å². The normalized spacial score (nSPS) is 14.0. The van der Waals surface area contributed by atoms with Crippen LogP contribution in [0.4, 0.5) is 0 Å². The molecule has 3 heteroatoms. The largest absolute Gasteiger partial charge is 0.309 e. The molecule has 0 saturated carbocycles. The van der Waals surface area contributed by atoms with Crippen LogP contribution in [-0.4, -0.2) is 11.5 Å². The molecule has 18 heavy (non-hydrogen) atoms. The van der Waals surface area contributed by atoms with Crippen molar-refractivity contribution in [1.29, 1.82) is 0 Å². The van der Waals surface area contributed by atoms with Gasteiger partial charge in [-0.2, -0.15) is 0 Å². The summed E-state index contributed by atoms with van der Waals surface area (Å²) in [4.78, 5) is 4.55. The number of hydrogen-bond donors (Lipinski definition) is 1. The van der Waals surface area contributed by atoms with Gasteiger partial charge >= 0.3 is 0 Å². The first-order chi connectivity index (χ1) is 8.52. The van der Waals surface area contributed by atoms with Crippen molar-refractivity contribution in [2.75, 3.05) is 6.54 Å². The number of thiophene rings is 1. The van der Waals surface area contributed by atoms with Gasteiger partial charge in [0.05, 0.1) is 10.2 Å². The van der Waals surface area contributed by atoms with Crippen molar-refractivity contribution in [3.8, 4) is 0 Å². The molecule has 1 unspecified atom stereocenters. The summed E-state index contributed by atoms with van der Waals surface area (Å²) in [6, 6.07) is 4.72. The van der Waals surface area contributed by atoms with Crippen molar-refractivity contribution >= 4 is 21.6 Å². The molecule has 2 rings (SSSR count). The fourth-order valence-corrected chi connectivity index (χ4v) is 3.02. The van der Waals surface area contributed by atoms with E-state index in [0.717, 1.165) is 18.5 Å². The maximum absolute atomic E-state index is 4.55. The Morgan fingerprint density at radius 1 is 1.39 bits per heavy atom. The zero-order valence-corrected chi connectivity index (χ0v) is 12.5. The van der Waals surface area contributed by atoms with Crippen molar-refractivity contribution in [2.24, 2.45) is 5.41 Å². The Labute approximate surface area is 113 Å². The monoisotopic (exact) mass is 262 g/mol. The molecule has 98 valence electrons. The van der Waals surface area contributed by atoms with Gasteiger partial charge in [-0.3, -0.25) is 4.98 Å². The minimum Gasteiger partial charge on any atom is -0.309 e. The van der Waals surface area contributed by atoms with Crippen molar-refractivity contribution in [1.82, 2.24) is 10.3 Å². The summed E-state index contributed by atoms with van der Waals surface area (Å²) in [6.45, 7) is 10.1. The van der Waals surface area contributed by atoms with E-state index in [0.29, 0.717) is 6.04 Å². The van der Waals surface area contributed by atoms with Crippen LogP contribution in [0, 0.1) is 5.41 Å². The summed E-state index contributed by atoms with van der Waals surface area (Å²) in [5.41, 5.74) is 2.60. The molecule has 0 spiro atoms. The second kappa shape index (κ2) is 5.37. The lowest BCUT2D eigenvalue weighted by atomic mass is 9.83. The fraction of sp³-hybridized carbons (Fsp3) is 0.533. The topological polar surface area (TPSA) is 24.9 Å². The average Bonchev–Trinajstić information content (AvgIpc) is 2.75. The highest BCUT2D eigenvalue weighted by molar-refractivity contribution is 7.17. The number of fused-ring (bicyclic) bond motifs is 1. The number of nitrogens with zero attached hydrogens (tertiary/aromatic N) is 1. The van der Waals surface area contributed by atoms with Crippen LogP contribution in [0.15, 0.2) is 23.7 Å². The molecular formula is C15H22N2S. The molecule has 0 aromatic carbocycles. The van der Waals surface area contributed by atoms with E-state index in [-0.39, 0.29) is 5.41 Å². The molecule has 2 nitrogen and oxygen atoms in total. The Balaban J connectivity index is 2.34. The first-order valence-electron chi connectivity index (χ1n) is 6.59. The minimum absolute atomic E-state index is 0.196. The predicted octanol–water partition coefficient (Wildman–Crippen LogP) is 4.38. The van der Waals surface area contributed by atoms with Gasteiger partial charge in [-0.25, -0.2) is 0 Å². The Morgan fingerprint density at radius 2 is 2.17 bits per heavy atom. The number of nitrogens with one attached hydrogen (secondary N) is 1. The highest BCUT2D eigenvalue weighted by atomic mass is 32.1. The summed E-state index contributed by atoms with van der Waals surface area (Å²) in [5.74, 6) is 0. The van der Waals surface area contributed by atoms with Crippen LogP contribution in [0.3, 0.4) is 0 Å². The van der Waals surface area contributed by atoms with E-state index in [1.807, 2.05) is 6.20 Å². The molecule has 0 bridgehead atoms. The van der Waals surface area contributed by atoms with E-state index in [9.17, 15) is 0 Å². The summed E-state index contributed by atoms with van der Waals surface area (Å²) >= 11 is 1.76. The van der Waals surface area contributed by atoms with Gasteiger partial charge < -0.3 is 5.32 Å². The van der Waals surface area contributed by atoms with Gasteiger partial charge in [0, 0.05) is 12.2 Å². The predicted molar refractivity (Wildman–Crippen MR) is 80.1 cm³/mol. The fourth-order valence-electron chi connectivity index (χ4n) is 2.23. The molecule has 2 aromatic rings. The van der Waals surface area contributed by atoms with E-state index in [1.165, 1.54) is 10.3 Å². The SMILES string of the molecule is CCCNC(c1cnc2ccsc2c1)C(C)(C)C. The number of aromatic nitrogens is 1. The maximum atomic E-state index is 4.55. The van der Waals surface area contributed by atoms with Gasteiger partial charge in [0.1, 0.15) is 0 Å². The molecule has 0 amide bonds. The molecule has 0 fully saturated rings. The molecule has 0 aliphatic carbocycles. The Bertz CT molecular complexity index is 510. The van der Waals surface area contributed by atoms with Crippen LogP contribution in [-0.2, 0) is 0 Å². The number of pyridine rings is 1. The minimum atomic E-state index is 0.196. The van der Waals surface area contributed by atoms with Gasteiger partial charge in [0.15, 0.2) is 0 Å². The first-order valence-corrected chi connectivity index (χ1v) is 7.47. The first kappa shape index (κ1) is 13.5. The van der Waals surface area contributed by atoms with E-state index < -0.39 is 0 Å². The Kier molecular flexibility index (Phi) is 4.03. The van der Waals surface area contributed by atoms with E-state index in [1.54, 1.807) is 11.3 Å². The third-order valence-corrected chi connectivity index (χ3v) is 3.97. The Morgan fingerprint density at radius 3 is 2.83 bits per heavy atom. The second-order valence-corrected chi connectivity index (χ2v) is 6.77. The number of hydrogen-bond acceptors (Lipinski definition) is 3. The molecule has 2 aromatic heterocycles. The van der Waals surface area contributed by atoms with Gasteiger partial charge in [-0.05, 0) is 41.5 Å². The highest BCUT2D eigenvalue weighted by Crippen LogP contribution is 2.34. The molecule has 0 aliphatic heterocycles. The molecule has 0 radical (unpaired) electrons. The van der Waals surface area contributed by atoms with E-state index >= 15 is 0 Å². The Hall–Kier alpha value is -0.930. The lowest BCUT2D eigenvalue weighted by Gasteiger charge is -2.32. The van der Waals surface area contributed by atoms with Crippen LogP contribution in [0.2, 0.25) is 0 Å². The third-order valence-electron chi connectivity index (χ3n) is 3.12. The van der Waals surface area contributed by atoms with Gasteiger partial charge in [-0.15, -0.1) is 11.3 Å². The summed E-state index contributed by atoms with van der Waals surface area (Å²) < 4.78 is 1.28. The van der Waals surface area contributed by atoms with Gasteiger partial charge in [0.25, 0.3) is 0 Å². The molecule has 0 saturated heterocycles. The molecule has 0 aliphatic rings. The van der Waals surface area contributed by atoms with Crippen molar-refractivity contribution < 1.29 is 0 Å². The van der Waals surface area contributed by atoms with Gasteiger partial charge in [-0.1, -0.05) is 27.7 Å². The van der Waals surface area contributed by atoms with E-state index in [4.69, 9.17) is 0 Å². The van der Waals surface area contributed by atoms with Crippen LogP contribution in [0.5, 0.6) is 0 Å². The van der Waals surface area contributed by atoms with Gasteiger partial charge in [0.2, 0.25) is 0 Å². The second-order valence-electron chi connectivity index (χ2n) is 5.83. The van der Waals surface area contributed by atoms with Crippen molar-refractivity contribution in [3.63, 3.8) is 0 Å². The zero-order chi connectivity index (χ0) is 13.2. The standard InChI is InChI=1S/C15H22N2S/c1-5-7-16-14(15(2,3)4)11-9-13-12(17-10-11)6-8-18-13/h6,8-10,14,16H,5,7H2,1-4H3. The average molecular weight is 262 g/mol. The highest BCUT2D eigenvalue weighted by Gasteiger charge is 2.26. The van der Waals surface area contributed by atoms with Crippen LogP contribution in [0.1, 0.15) is 45.7 Å². The third kappa shape index (κ3) is 2.90. The van der Waals surface area contributed by atoms with E-state index in [2.05, 4.69) is 55.5 Å². The number of rotatable bonds is 4. The molecule has 2 heterocycles. The molecular weight excluding hydrogens is 240 g/mol. The molecule has 1 N–H and O–H groups in total. The summed E-state index contributed by atoms with van der Waals surface area (Å²) in [5, 5.41) is 5.75. The van der Waals surface area contributed by atoms with Crippen LogP contribution >= 0.6 is 11.3 Å². The summed E-state index contributed by atoms with van der Waals surface area (Å²) in [7, 11) is 0.